The molecular formula is C13H19ClN2O. The van der Waals surface area contributed by atoms with Gasteiger partial charge in [0.05, 0.1) is 10.6 Å². The lowest BCUT2D eigenvalue weighted by Crippen LogP contribution is -2.36. The highest BCUT2D eigenvalue weighted by Crippen LogP contribution is 2.28. The van der Waals surface area contributed by atoms with Crippen molar-refractivity contribution in [2.45, 2.75) is 44.1 Å². The zero-order valence-corrected chi connectivity index (χ0v) is 10.7. The van der Waals surface area contributed by atoms with Crippen LogP contribution in [-0.2, 0) is 0 Å². The fraction of sp³-hybridized carbons (Fsp3) is 0.615. The Morgan fingerprint density at radius 3 is 2.65 bits per heavy atom. The van der Waals surface area contributed by atoms with Gasteiger partial charge in [-0.2, -0.15) is 0 Å². The normalized spacial score (nSPS) is 19.6. The van der Waals surface area contributed by atoms with Crippen LogP contribution in [0.3, 0.4) is 0 Å². The number of aromatic nitrogens is 1. The van der Waals surface area contributed by atoms with Crippen LogP contribution in [0.2, 0.25) is 5.02 Å². The van der Waals surface area contributed by atoms with Crippen LogP contribution in [0.25, 0.3) is 0 Å². The van der Waals surface area contributed by atoms with Crippen molar-refractivity contribution < 1.29 is 5.11 Å². The van der Waals surface area contributed by atoms with Crippen LogP contribution in [0.1, 0.15) is 38.5 Å². The van der Waals surface area contributed by atoms with Crippen molar-refractivity contribution in [3.05, 3.63) is 23.4 Å². The van der Waals surface area contributed by atoms with Crippen molar-refractivity contribution in [3.63, 3.8) is 0 Å². The van der Waals surface area contributed by atoms with E-state index in [2.05, 4.69) is 10.3 Å². The van der Waals surface area contributed by atoms with Crippen molar-refractivity contribution in [3.8, 4) is 0 Å². The van der Waals surface area contributed by atoms with Crippen molar-refractivity contribution in [1.82, 2.24) is 4.98 Å². The summed E-state index contributed by atoms with van der Waals surface area (Å²) in [5, 5.41) is 14.2. The van der Waals surface area contributed by atoms with Crippen LogP contribution in [-0.4, -0.2) is 22.2 Å². The molecule has 0 radical (unpaired) electrons. The maximum Gasteiger partial charge on any atom is 0.144 e. The Morgan fingerprint density at radius 2 is 2.00 bits per heavy atom. The number of rotatable bonds is 3. The second kappa shape index (κ2) is 5.69. The first-order valence-electron chi connectivity index (χ1n) is 6.26. The van der Waals surface area contributed by atoms with Crippen molar-refractivity contribution in [2.24, 2.45) is 0 Å². The molecule has 0 saturated heterocycles. The van der Waals surface area contributed by atoms with E-state index in [-0.39, 0.29) is 0 Å². The highest BCUT2D eigenvalue weighted by atomic mass is 35.5. The van der Waals surface area contributed by atoms with Gasteiger partial charge in [-0.1, -0.05) is 37.3 Å². The fourth-order valence-corrected chi connectivity index (χ4v) is 2.52. The van der Waals surface area contributed by atoms with Gasteiger partial charge in [0.25, 0.3) is 0 Å². The fourth-order valence-electron chi connectivity index (χ4n) is 2.33. The lowest BCUT2D eigenvalue weighted by atomic mass is 9.94. The molecule has 0 unspecified atom stereocenters. The molecule has 94 valence electrons. The lowest BCUT2D eigenvalue weighted by molar-refractivity contribution is 0.0380. The molecule has 0 spiro atoms. The Morgan fingerprint density at radius 1 is 1.29 bits per heavy atom. The molecule has 0 amide bonds. The minimum atomic E-state index is -0.600. The summed E-state index contributed by atoms with van der Waals surface area (Å²) in [7, 11) is 0. The second-order valence-electron chi connectivity index (χ2n) is 4.83. The highest BCUT2D eigenvalue weighted by molar-refractivity contribution is 6.32. The minimum absolute atomic E-state index is 0.531. The summed E-state index contributed by atoms with van der Waals surface area (Å²) in [5.74, 6) is 0.659. The van der Waals surface area contributed by atoms with E-state index in [1.54, 1.807) is 18.3 Å². The van der Waals surface area contributed by atoms with Crippen LogP contribution in [0.4, 0.5) is 5.82 Å². The number of pyridine rings is 1. The molecule has 1 saturated carbocycles. The largest absolute Gasteiger partial charge is 0.388 e. The van der Waals surface area contributed by atoms with Crippen molar-refractivity contribution in [2.75, 3.05) is 11.9 Å². The molecule has 3 nitrogen and oxygen atoms in total. The van der Waals surface area contributed by atoms with Crippen molar-refractivity contribution >= 4 is 17.4 Å². The van der Waals surface area contributed by atoms with Gasteiger partial charge < -0.3 is 10.4 Å². The van der Waals surface area contributed by atoms with Crippen LogP contribution in [0, 0.1) is 0 Å². The average Bonchev–Trinajstić information content (AvgIpc) is 2.54. The first-order valence-corrected chi connectivity index (χ1v) is 6.64. The Hall–Kier alpha value is -0.800. The SMILES string of the molecule is OC1(CNc2ncccc2Cl)CCCCCC1. The zero-order chi connectivity index (χ0) is 12.1. The number of nitrogens with zero attached hydrogens (tertiary/aromatic N) is 1. The maximum absolute atomic E-state index is 10.5. The van der Waals surface area contributed by atoms with E-state index < -0.39 is 5.60 Å². The molecular weight excluding hydrogens is 236 g/mol. The molecule has 1 aromatic rings. The Labute approximate surface area is 107 Å². The summed E-state index contributed by atoms with van der Waals surface area (Å²) in [6, 6.07) is 3.60. The third-order valence-corrected chi connectivity index (χ3v) is 3.68. The van der Waals surface area contributed by atoms with E-state index >= 15 is 0 Å². The van der Waals surface area contributed by atoms with Crippen LogP contribution in [0.5, 0.6) is 0 Å². The lowest BCUT2D eigenvalue weighted by Gasteiger charge is -2.27. The van der Waals surface area contributed by atoms with Gasteiger partial charge in [0.2, 0.25) is 0 Å². The van der Waals surface area contributed by atoms with E-state index in [0.29, 0.717) is 17.4 Å². The maximum atomic E-state index is 10.5. The van der Waals surface area contributed by atoms with Gasteiger partial charge in [-0.15, -0.1) is 0 Å². The molecule has 2 N–H and O–H groups in total. The van der Waals surface area contributed by atoms with Gasteiger partial charge in [0, 0.05) is 12.7 Å². The highest BCUT2D eigenvalue weighted by Gasteiger charge is 2.27. The summed E-state index contributed by atoms with van der Waals surface area (Å²) >= 11 is 6.01. The number of nitrogens with one attached hydrogen (secondary N) is 1. The van der Waals surface area contributed by atoms with E-state index in [0.717, 1.165) is 25.7 Å². The third kappa shape index (κ3) is 3.58. The molecule has 0 bridgehead atoms. The molecule has 4 heteroatoms. The van der Waals surface area contributed by atoms with Crippen LogP contribution >= 0.6 is 11.6 Å². The minimum Gasteiger partial charge on any atom is -0.388 e. The molecule has 0 aliphatic heterocycles. The van der Waals surface area contributed by atoms with Gasteiger partial charge in [0.15, 0.2) is 0 Å². The predicted octanol–water partition coefficient (Wildman–Crippen LogP) is 3.23. The Balaban J connectivity index is 1.94. The smallest absolute Gasteiger partial charge is 0.144 e. The predicted molar refractivity (Wildman–Crippen MR) is 70.4 cm³/mol. The number of halogens is 1. The zero-order valence-electron chi connectivity index (χ0n) is 9.95. The summed E-state index contributed by atoms with van der Waals surface area (Å²) in [5.41, 5.74) is -0.600. The van der Waals surface area contributed by atoms with Crippen LogP contribution in [0.15, 0.2) is 18.3 Å². The molecule has 1 aliphatic carbocycles. The number of aliphatic hydroxyl groups is 1. The second-order valence-corrected chi connectivity index (χ2v) is 5.23. The topological polar surface area (TPSA) is 45.1 Å². The molecule has 17 heavy (non-hydrogen) atoms. The summed E-state index contributed by atoms with van der Waals surface area (Å²) in [4.78, 5) is 4.16. The third-order valence-electron chi connectivity index (χ3n) is 3.38. The van der Waals surface area contributed by atoms with E-state index in [9.17, 15) is 5.11 Å². The number of hydrogen-bond donors (Lipinski definition) is 2. The summed E-state index contributed by atoms with van der Waals surface area (Å²) in [6.45, 7) is 0.531. The van der Waals surface area contributed by atoms with Gasteiger partial charge in [-0.25, -0.2) is 4.98 Å². The Bertz CT molecular complexity index is 362. The van der Waals surface area contributed by atoms with E-state index in [1.807, 2.05) is 0 Å². The van der Waals surface area contributed by atoms with Gasteiger partial charge in [-0.3, -0.25) is 0 Å². The van der Waals surface area contributed by atoms with E-state index in [4.69, 9.17) is 11.6 Å². The van der Waals surface area contributed by atoms with Gasteiger partial charge >= 0.3 is 0 Å². The molecule has 1 aliphatic rings. The molecule has 1 aromatic heterocycles. The number of hydrogen-bond acceptors (Lipinski definition) is 3. The molecule has 0 atom stereocenters. The van der Waals surface area contributed by atoms with Crippen LogP contribution < -0.4 is 5.32 Å². The quantitative estimate of drug-likeness (QED) is 0.814. The average molecular weight is 255 g/mol. The molecule has 1 fully saturated rings. The standard InChI is InChI=1S/C13H19ClN2O/c14-11-6-5-9-15-12(11)16-10-13(17)7-3-1-2-4-8-13/h5-6,9,17H,1-4,7-8,10H2,(H,15,16). The molecule has 1 heterocycles. The van der Waals surface area contributed by atoms with E-state index in [1.165, 1.54) is 12.8 Å². The first kappa shape index (κ1) is 12.7. The Kier molecular flexibility index (Phi) is 4.24. The van der Waals surface area contributed by atoms with Gasteiger partial charge in [0.1, 0.15) is 5.82 Å². The number of anilines is 1. The molecule has 2 rings (SSSR count). The van der Waals surface area contributed by atoms with Gasteiger partial charge in [-0.05, 0) is 25.0 Å². The monoisotopic (exact) mass is 254 g/mol. The van der Waals surface area contributed by atoms with Crippen molar-refractivity contribution in [1.29, 1.82) is 0 Å². The first-order chi connectivity index (χ1) is 8.20. The summed E-state index contributed by atoms with van der Waals surface area (Å²) in [6.07, 6.45) is 8.10. The molecule has 0 aromatic carbocycles. The summed E-state index contributed by atoms with van der Waals surface area (Å²) < 4.78 is 0.